The van der Waals surface area contributed by atoms with Gasteiger partial charge in [-0.2, -0.15) is 0 Å². The number of hydrogen-bond acceptors (Lipinski definition) is 6. The summed E-state index contributed by atoms with van der Waals surface area (Å²) in [6.07, 6.45) is 0.346. The third-order valence-corrected chi connectivity index (χ3v) is 8.66. The molecule has 0 aliphatic heterocycles. The highest BCUT2D eigenvalue weighted by atomic mass is 79.9. The fraction of sp³-hybridized carbons (Fsp3) is 0.212. The lowest BCUT2D eigenvalue weighted by atomic mass is 9.97. The van der Waals surface area contributed by atoms with Crippen molar-refractivity contribution in [3.8, 4) is 11.1 Å². The molecule has 3 atom stereocenters. The van der Waals surface area contributed by atoms with Crippen LogP contribution >= 0.6 is 27.5 Å². The summed E-state index contributed by atoms with van der Waals surface area (Å²) in [5.41, 5.74) is 8.78. The highest BCUT2D eigenvalue weighted by Crippen LogP contribution is 2.27. The Morgan fingerprint density at radius 3 is 2.55 bits per heavy atom. The molecule has 0 unspecified atom stereocenters. The van der Waals surface area contributed by atoms with Gasteiger partial charge in [0.05, 0.1) is 34.4 Å². The molecule has 5 N–H and O–H groups in total. The van der Waals surface area contributed by atoms with E-state index in [4.69, 9.17) is 17.3 Å². The van der Waals surface area contributed by atoms with Gasteiger partial charge in [-0.15, -0.1) is 0 Å². The number of benzene rings is 4. The highest BCUT2D eigenvalue weighted by molar-refractivity contribution is 9.10. The van der Waals surface area contributed by atoms with Crippen LogP contribution in [-0.2, 0) is 16.1 Å². The first-order valence-electron chi connectivity index (χ1n) is 14.0. The molecule has 0 saturated carbocycles. The van der Waals surface area contributed by atoms with Crippen LogP contribution in [0.2, 0.25) is 5.02 Å². The normalized spacial score (nSPS) is 13.4. The molecule has 2 amide bonds. The fourth-order valence-corrected chi connectivity index (χ4v) is 5.38. The molecular formula is C33H31BrClN5O4. The number of halogens is 2. The Hall–Kier alpha value is -4.09. The Balaban J connectivity index is 1.32. The zero-order valence-corrected chi connectivity index (χ0v) is 26.2. The number of nitrogens with one attached hydrogen (secondary N) is 2. The first kappa shape index (κ1) is 31.3. The molecule has 0 aliphatic rings. The summed E-state index contributed by atoms with van der Waals surface area (Å²) in [4.78, 5) is 43.0. The number of nitrogens with two attached hydrogens (primary N) is 1. The van der Waals surface area contributed by atoms with E-state index in [-0.39, 0.29) is 31.0 Å². The van der Waals surface area contributed by atoms with Crippen molar-refractivity contribution in [3.63, 3.8) is 0 Å². The summed E-state index contributed by atoms with van der Waals surface area (Å²) < 4.78 is 2.00. The van der Waals surface area contributed by atoms with Crippen LogP contribution in [0.25, 0.3) is 32.8 Å². The van der Waals surface area contributed by atoms with Gasteiger partial charge in [-0.25, -0.2) is 4.98 Å². The van der Waals surface area contributed by atoms with Crippen molar-refractivity contribution in [2.24, 2.45) is 5.73 Å². The molecule has 9 nitrogen and oxygen atoms in total. The van der Waals surface area contributed by atoms with Crippen LogP contribution in [0.3, 0.4) is 0 Å². The number of aliphatic hydroxyl groups excluding tert-OH is 1. The van der Waals surface area contributed by atoms with E-state index in [1.807, 2.05) is 42.5 Å². The maximum absolute atomic E-state index is 13.0. The zero-order valence-electron chi connectivity index (χ0n) is 23.8. The van der Waals surface area contributed by atoms with E-state index in [1.165, 1.54) is 17.8 Å². The molecule has 0 saturated heterocycles. The summed E-state index contributed by atoms with van der Waals surface area (Å²) in [6.45, 7) is 1.60. The number of amides is 2. The van der Waals surface area contributed by atoms with Gasteiger partial charge in [-0.1, -0.05) is 66.2 Å². The summed E-state index contributed by atoms with van der Waals surface area (Å²) in [6, 6.07) is 23.4. The van der Waals surface area contributed by atoms with Crippen molar-refractivity contribution in [2.75, 3.05) is 6.54 Å². The minimum atomic E-state index is -1.14. The third kappa shape index (κ3) is 7.16. The second-order valence-corrected chi connectivity index (χ2v) is 11.9. The van der Waals surface area contributed by atoms with Crippen LogP contribution < -0.4 is 21.9 Å². The second-order valence-electron chi connectivity index (χ2n) is 10.6. The molecule has 0 aliphatic carbocycles. The van der Waals surface area contributed by atoms with Gasteiger partial charge in [0.25, 0.3) is 5.56 Å². The number of aromatic nitrogens is 2. The fourth-order valence-electron chi connectivity index (χ4n) is 4.88. The van der Waals surface area contributed by atoms with Crippen LogP contribution in [0.5, 0.6) is 0 Å². The van der Waals surface area contributed by atoms with Crippen molar-refractivity contribution in [2.45, 2.75) is 38.1 Å². The van der Waals surface area contributed by atoms with Crippen LogP contribution in [-0.4, -0.2) is 45.2 Å². The predicted octanol–water partition coefficient (Wildman–Crippen LogP) is 4.70. The molecular weight excluding hydrogens is 646 g/mol. The molecule has 11 heteroatoms. The molecule has 5 rings (SSSR count). The first-order chi connectivity index (χ1) is 21.1. The Labute approximate surface area is 267 Å². The Morgan fingerprint density at radius 2 is 1.77 bits per heavy atom. The van der Waals surface area contributed by atoms with Gasteiger partial charge in [0.1, 0.15) is 6.04 Å². The molecule has 226 valence electrons. The molecule has 0 fully saturated rings. The quantitative estimate of drug-likeness (QED) is 0.169. The van der Waals surface area contributed by atoms with E-state index in [0.717, 1.165) is 27.5 Å². The van der Waals surface area contributed by atoms with Crippen LogP contribution in [0.1, 0.15) is 24.9 Å². The molecule has 1 heterocycles. The number of aliphatic hydroxyl groups is 1. The van der Waals surface area contributed by atoms with E-state index >= 15 is 0 Å². The molecule has 44 heavy (non-hydrogen) atoms. The minimum Gasteiger partial charge on any atom is -0.391 e. The largest absolute Gasteiger partial charge is 0.391 e. The van der Waals surface area contributed by atoms with E-state index < -0.39 is 24.1 Å². The van der Waals surface area contributed by atoms with Gasteiger partial charge < -0.3 is 21.5 Å². The number of rotatable bonds is 10. The van der Waals surface area contributed by atoms with Crippen molar-refractivity contribution in [1.29, 1.82) is 0 Å². The lowest BCUT2D eigenvalue weighted by molar-refractivity contribution is -0.126. The summed E-state index contributed by atoms with van der Waals surface area (Å²) in [5, 5.41) is 18.6. The number of carbonyl (C=O) groups is 2. The third-order valence-electron chi connectivity index (χ3n) is 7.46. The van der Waals surface area contributed by atoms with Gasteiger partial charge in [0.15, 0.2) is 0 Å². The summed E-state index contributed by atoms with van der Waals surface area (Å²) in [7, 11) is 0. The van der Waals surface area contributed by atoms with Crippen molar-refractivity contribution in [1.82, 2.24) is 20.2 Å². The second kappa shape index (κ2) is 13.7. The summed E-state index contributed by atoms with van der Waals surface area (Å²) in [5.74, 6) is -0.870. The van der Waals surface area contributed by atoms with Gasteiger partial charge in [0.2, 0.25) is 11.8 Å². The standard InChI is InChI=1S/C33H31BrClN5O4/c1-19(41)31(36)32(43)39-29(24-8-4-7-22(14-24)23-10-9-20-5-2-3-6-21(20)13-23)17-37-30(42)11-12-40-18-38-28-16-26(34)27(35)15-25(28)33(40)44/h2-10,13-16,18-19,29,31,41H,11-12,17,36H2,1H3,(H,37,42)(H,39,43)/t19-,29-,31+/m1/s1. The SMILES string of the molecule is C[C@@H](O)[C@H](N)C(=O)N[C@H](CNC(=O)CCn1cnc2cc(Br)c(Cl)cc2c1=O)c1cccc(-c2ccc3ccccc3c2)c1. The average molecular weight is 677 g/mol. The summed E-state index contributed by atoms with van der Waals surface area (Å²) >= 11 is 9.49. The molecule has 0 spiro atoms. The lowest BCUT2D eigenvalue weighted by Gasteiger charge is -2.23. The van der Waals surface area contributed by atoms with E-state index in [2.05, 4.69) is 55.8 Å². The minimum absolute atomic E-state index is 0.00232. The number of fused-ring (bicyclic) bond motifs is 2. The topological polar surface area (TPSA) is 139 Å². The average Bonchev–Trinajstić information content (AvgIpc) is 3.03. The first-order valence-corrected chi connectivity index (χ1v) is 15.2. The molecule has 0 bridgehead atoms. The van der Waals surface area contributed by atoms with Crippen LogP contribution in [0, 0.1) is 0 Å². The lowest BCUT2D eigenvalue weighted by Crippen LogP contribution is -2.49. The Kier molecular flexibility index (Phi) is 9.75. The highest BCUT2D eigenvalue weighted by Gasteiger charge is 2.23. The number of aryl methyl sites for hydroxylation is 1. The molecule has 1 aromatic heterocycles. The number of carbonyl (C=O) groups excluding carboxylic acids is 2. The van der Waals surface area contributed by atoms with E-state index in [9.17, 15) is 19.5 Å². The van der Waals surface area contributed by atoms with Gasteiger partial charge >= 0.3 is 0 Å². The zero-order chi connectivity index (χ0) is 31.4. The Bertz CT molecular complexity index is 1910. The van der Waals surface area contributed by atoms with Gasteiger partial charge in [-0.05, 0) is 74.6 Å². The molecule has 4 aromatic carbocycles. The maximum Gasteiger partial charge on any atom is 0.261 e. The van der Waals surface area contributed by atoms with Gasteiger partial charge in [0, 0.05) is 24.0 Å². The van der Waals surface area contributed by atoms with Crippen molar-refractivity contribution < 1.29 is 14.7 Å². The van der Waals surface area contributed by atoms with Crippen LogP contribution in [0.4, 0.5) is 0 Å². The number of hydrogen-bond donors (Lipinski definition) is 4. The predicted molar refractivity (Wildman–Crippen MR) is 176 cm³/mol. The smallest absolute Gasteiger partial charge is 0.261 e. The van der Waals surface area contributed by atoms with Gasteiger partial charge in [-0.3, -0.25) is 19.0 Å². The van der Waals surface area contributed by atoms with Crippen molar-refractivity contribution >= 4 is 61.0 Å². The van der Waals surface area contributed by atoms with E-state index in [0.29, 0.717) is 20.4 Å². The molecule has 0 radical (unpaired) electrons. The maximum atomic E-state index is 13.0. The Morgan fingerprint density at radius 1 is 1.02 bits per heavy atom. The van der Waals surface area contributed by atoms with Crippen LogP contribution in [0.15, 0.2) is 94.5 Å². The monoisotopic (exact) mass is 675 g/mol. The number of nitrogens with zero attached hydrogens (tertiary/aromatic N) is 2. The van der Waals surface area contributed by atoms with E-state index in [1.54, 1.807) is 12.1 Å². The molecule has 5 aromatic rings. The van der Waals surface area contributed by atoms with Crippen molar-refractivity contribution in [3.05, 3.63) is 111 Å².